The van der Waals surface area contributed by atoms with Crippen LogP contribution in [0.1, 0.15) is 42.1 Å². The molecule has 2 atom stereocenters. The first-order valence-corrected chi connectivity index (χ1v) is 11.6. The molecule has 2 aromatic carbocycles. The van der Waals surface area contributed by atoms with Crippen LogP contribution in [-0.2, 0) is 11.3 Å². The van der Waals surface area contributed by atoms with Crippen molar-refractivity contribution in [3.8, 4) is 0 Å². The molecule has 156 valence electrons. The second kappa shape index (κ2) is 9.00. The van der Waals surface area contributed by atoms with Crippen LogP contribution in [0, 0.1) is 6.92 Å². The predicted molar refractivity (Wildman–Crippen MR) is 123 cm³/mol. The third kappa shape index (κ3) is 4.66. The van der Waals surface area contributed by atoms with Crippen molar-refractivity contribution in [1.29, 1.82) is 0 Å². The normalized spacial score (nSPS) is 17.7. The Morgan fingerprint density at radius 3 is 2.63 bits per heavy atom. The maximum absolute atomic E-state index is 12.4. The number of hydrogen-bond donors (Lipinski definition) is 1. The number of anilines is 1. The highest BCUT2D eigenvalue weighted by Gasteiger charge is 2.43. The summed E-state index contributed by atoms with van der Waals surface area (Å²) in [6.07, 6.45) is 1.08. The largest absolute Gasteiger partial charge is 0.324 e. The van der Waals surface area contributed by atoms with E-state index in [9.17, 15) is 4.79 Å². The van der Waals surface area contributed by atoms with Crippen molar-refractivity contribution < 1.29 is 4.79 Å². The molecule has 1 fully saturated rings. The van der Waals surface area contributed by atoms with Crippen molar-refractivity contribution >= 4 is 46.6 Å². The van der Waals surface area contributed by atoms with Crippen LogP contribution in [0.4, 0.5) is 5.69 Å². The molecule has 1 amide bonds. The molecule has 5 nitrogen and oxygen atoms in total. The summed E-state index contributed by atoms with van der Waals surface area (Å²) < 4.78 is 2.12. The Balaban J connectivity index is 1.39. The topological polar surface area (TPSA) is 59.8 Å². The molecule has 1 aromatic heterocycles. The van der Waals surface area contributed by atoms with Gasteiger partial charge in [0.15, 0.2) is 5.16 Å². The fourth-order valence-electron chi connectivity index (χ4n) is 3.55. The number of hydrogen-bond acceptors (Lipinski definition) is 4. The van der Waals surface area contributed by atoms with Gasteiger partial charge in [-0.15, -0.1) is 10.2 Å². The zero-order valence-electron chi connectivity index (χ0n) is 16.7. The molecular weight excluding hydrogens is 439 g/mol. The van der Waals surface area contributed by atoms with E-state index in [1.807, 2.05) is 0 Å². The van der Waals surface area contributed by atoms with Crippen LogP contribution >= 0.6 is 35.0 Å². The molecule has 1 heterocycles. The first-order chi connectivity index (χ1) is 14.5. The average Bonchev–Trinajstić information content (AvgIpc) is 3.41. The molecule has 3 aromatic rings. The van der Waals surface area contributed by atoms with Gasteiger partial charge in [0.05, 0.1) is 16.5 Å². The van der Waals surface area contributed by atoms with Crippen molar-refractivity contribution in [2.75, 3.05) is 11.1 Å². The summed E-state index contributed by atoms with van der Waals surface area (Å²) >= 11 is 13.4. The monoisotopic (exact) mass is 460 g/mol. The lowest BCUT2D eigenvalue weighted by atomic mass is 10.1. The van der Waals surface area contributed by atoms with E-state index >= 15 is 0 Å². The lowest BCUT2D eigenvalue weighted by Crippen LogP contribution is -2.15. The van der Waals surface area contributed by atoms with Gasteiger partial charge in [0.1, 0.15) is 5.82 Å². The van der Waals surface area contributed by atoms with Gasteiger partial charge in [-0.05, 0) is 49.9 Å². The Labute approximate surface area is 190 Å². The van der Waals surface area contributed by atoms with Crippen LogP contribution in [0.2, 0.25) is 10.0 Å². The number of amides is 1. The van der Waals surface area contributed by atoms with Crippen LogP contribution in [0.25, 0.3) is 0 Å². The van der Waals surface area contributed by atoms with Gasteiger partial charge in [-0.25, -0.2) is 0 Å². The second-order valence-electron chi connectivity index (χ2n) is 7.41. The van der Waals surface area contributed by atoms with Crippen molar-refractivity contribution in [2.45, 2.75) is 43.8 Å². The Morgan fingerprint density at radius 1 is 1.17 bits per heavy atom. The minimum atomic E-state index is -0.152. The molecule has 0 aliphatic heterocycles. The molecule has 8 heteroatoms. The van der Waals surface area contributed by atoms with Crippen LogP contribution in [0.5, 0.6) is 0 Å². The van der Waals surface area contributed by atoms with Crippen molar-refractivity contribution in [3.05, 3.63) is 69.5 Å². The number of rotatable bonds is 7. The molecule has 1 N–H and O–H groups in total. The standard InChI is InChI=1S/C22H22Cl2N4OS/c1-3-28-21(17-11-16(17)14-6-4-13(2)5-7-14)26-27-22(28)30-12-20(29)25-19-9-8-15(23)10-18(19)24/h4-10,16-17H,3,11-12H2,1-2H3,(H,25,29)/t16-,17+/m1/s1. The summed E-state index contributed by atoms with van der Waals surface area (Å²) in [7, 11) is 0. The number of benzene rings is 2. The number of carbonyl (C=O) groups excluding carboxylic acids is 1. The fourth-order valence-corrected chi connectivity index (χ4v) is 4.81. The smallest absolute Gasteiger partial charge is 0.234 e. The number of nitrogens with one attached hydrogen (secondary N) is 1. The molecule has 0 radical (unpaired) electrons. The molecule has 1 aliphatic carbocycles. The third-order valence-corrected chi connectivity index (χ3v) is 6.74. The van der Waals surface area contributed by atoms with Gasteiger partial charge in [0.25, 0.3) is 0 Å². The third-order valence-electron chi connectivity index (χ3n) is 5.23. The van der Waals surface area contributed by atoms with Gasteiger partial charge < -0.3 is 9.88 Å². The molecule has 0 bridgehead atoms. The summed E-state index contributed by atoms with van der Waals surface area (Å²) in [6, 6.07) is 13.7. The Bertz CT molecular complexity index is 1070. The van der Waals surface area contributed by atoms with E-state index in [0.717, 1.165) is 23.9 Å². The molecule has 1 aliphatic rings. The van der Waals surface area contributed by atoms with Crippen molar-refractivity contribution in [2.24, 2.45) is 0 Å². The van der Waals surface area contributed by atoms with Gasteiger partial charge in [-0.3, -0.25) is 4.79 Å². The SMILES string of the molecule is CCn1c(SCC(=O)Nc2ccc(Cl)cc2Cl)nnc1[C@H]1C[C@@H]1c1ccc(C)cc1. The number of thioether (sulfide) groups is 1. The molecule has 1 saturated carbocycles. The van der Waals surface area contributed by atoms with E-state index < -0.39 is 0 Å². The fraction of sp³-hybridized carbons (Fsp3) is 0.318. The average molecular weight is 461 g/mol. The van der Waals surface area contributed by atoms with Gasteiger partial charge in [-0.2, -0.15) is 0 Å². The first kappa shape index (κ1) is 21.2. The number of halogens is 2. The summed E-state index contributed by atoms with van der Waals surface area (Å²) in [5, 5.41) is 13.3. The molecule has 4 rings (SSSR count). The summed E-state index contributed by atoms with van der Waals surface area (Å²) in [4.78, 5) is 12.4. The Morgan fingerprint density at radius 2 is 1.93 bits per heavy atom. The van der Waals surface area contributed by atoms with E-state index in [0.29, 0.717) is 27.6 Å². The van der Waals surface area contributed by atoms with Gasteiger partial charge in [-0.1, -0.05) is 64.8 Å². The quantitative estimate of drug-likeness (QED) is 0.444. The number of nitrogens with zero attached hydrogens (tertiary/aromatic N) is 3. The number of aromatic nitrogens is 3. The van der Waals surface area contributed by atoms with E-state index in [1.165, 1.54) is 22.9 Å². The lowest BCUT2D eigenvalue weighted by Gasteiger charge is -2.09. The minimum Gasteiger partial charge on any atom is -0.324 e. The molecular formula is C22H22Cl2N4OS. The van der Waals surface area contributed by atoms with E-state index in [-0.39, 0.29) is 11.7 Å². The van der Waals surface area contributed by atoms with Crippen molar-refractivity contribution in [1.82, 2.24) is 14.8 Å². The summed E-state index contributed by atoms with van der Waals surface area (Å²) in [5.74, 6) is 1.96. The second-order valence-corrected chi connectivity index (χ2v) is 9.19. The zero-order chi connectivity index (χ0) is 21.3. The van der Waals surface area contributed by atoms with Crippen LogP contribution in [0.3, 0.4) is 0 Å². The summed E-state index contributed by atoms with van der Waals surface area (Å²) in [6.45, 7) is 4.95. The maximum atomic E-state index is 12.4. The predicted octanol–water partition coefficient (Wildman–Crippen LogP) is 5.92. The van der Waals surface area contributed by atoms with Crippen LogP contribution in [0.15, 0.2) is 47.6 Å². The van der Waals surface area contributed by atoms with Crippen LogP contribution in [-0.4, -0.2) is 26.4 Å². The van der Waals surface area contributed by atoms with E-state index in [1.54, 1.807) is 18.2 Å². The van der Waals surface area contributed by atoms with E-state index in [2.05, 4.69) is 58.2 Å². The highest BCUT2D eigenvalue weighted by atomic mass is 35.5. The maximum Gasteiger partial charge on any atom is 0.234 e. The summed E-state index contributed by atoms with van der Waals surface area (Å²) in [5.41, 5.74) is 3.16. The molecule has 30 heavy (non-hydrogen) atoms. The number of carbonyl (C=O) groups is 1. The van der Waals surface area contributed by atoms with Gasteiger partial charge >= 0.3 is 0 Å². The van der Waals surface area contributed by atoms with Gasteiger partial charge in [0, 0.05) is 17.5 Å². The molecule has 0 spiro atoms. The molecule has 0 saturated heterocycles. The highest BCUT2D eigenvalue weighted by Crippen LogP contribution is 2.54. The minimum absolute atomic E-state index is 0.152. The van der Waals surface area contributed by atoms with E-state index in [4.69, 9.17) is 23.2 Å². The molecule has 0 unspecified atom stereocenters. The number of aryl methyl sites for hydroxylation is 1. The highest BCUT2D eigenvalue weighted by molar-refractivity contribution is 7.99. The van der Waals surface area contributed by atoms with Gasteiger partial charge in [0.2, 0.25) is 5.91 Å². The Kier molecular flexibility index (Phi) is 6.37. The Hall–Kier alpha value is -2.02. The zero-order valence-corrected chi connectivity index (χ0v) is 19.1. The lowest BCUT2D eigenvalue weighted by molar-refractivity contribution is -0.113. The van der Waals surface area contributed by atoms with Crippen LogP contribution < -0.4 is 5.32 Å². The van der Waals surface area contributed by atoms with Crippen molar-refractivity contribution in [3.63, 3.8) is 0 Å². The first-order valence-electron chi connectivity index (χ1n) is 9.83.